The van der Waals surface area contributed by atoms with Gasteiger partial charge >= 0.3 is 0 Å². The molecular weight excluding hydrogens is 267 g/mol. The second-order valence-electron chi connectivity index (χ2n) is 6.08. The van der Waals surface area contributed by atoms with Crippen LogP contribution in [0.1, 0.15) is 38.3 Å². The van der Waals surface area contributed by atoms with Crippen molar-refractivity contribution in [3.63, 3.8) is 0 Å². The summed E-state index contributed by atoms with van der Waals surface area (Å²) in [4.78, 5) is 2.33. The van der Waals surface area contributed by atoms with Gasteiger partial charge in [-0.05, 0) is 49.5 Å². The summed E-state index contributed by atoms with van der Waals surface area (Å²) in [6.45, 7) is 7.87. The molecule has 0 spiro atoms. The van der Waals surface area contributed by atoms with Gasteiger partial charge in [0.2, 0.25) is 0 Å². The zero-order valence-corrected chi connectivity index (χ0v) is 13.1. The fourth-order valence-electron chi connectivity index (χ4n) is 2.96. The lowest BCUT2D eigenvalue weighted by Crippen LogP contribution is -2.43. The highest BCUT2D eigenvalue weighted by molar-refractivity contribution is 5.20. The first kappa shape index (κ1) is 16.4. The third kappa shape index (κ3) is 4.77. The first-order valence-electron chi connectivity index (χ1n) is 7.99. The fraction of sp³-hybridized carbons (Fsp3) is 0.647. The quantitative estimate of drug-likeness (QED) is 0.846. The van der Waals surface area contributed by atoms with Gasteiger partial charge in [-0.15, -0.1) is 0 Å². The fourth-order valence-corrected chi connectivity index (χ4v) is 2.96. The molecule has 21 heavy (non-hydrogen) atoms. The molecule has 4 heteroatoms. The SMILES string of the molecule is CCNC(CCN1CCC(C)C(O)C1)c1ccc(F)cc1. The zero-order valence-electron chi connectivity index (χ0n) is 13.1. The molecule has 0 radical (unpaired) electrons. The van der Waals surface area contributed by atoms with Crippen molar-refractivity contribution < 1.29 is 9.50 Å². The Morgan fingerprint density at radius 3 is 2.71 bits per heavy atom. The molecule has 3 unspecified atom stereocenters. The smallest absolute Gasteiger partial charge is 0.123 e. The molecule has 1 aliphatic rings. The van der Waals surface area contributed by atoms with Crippen LogP contribution in [0.4, 0.5) is 4.39 Å². The van der Waals surface area contributed by atoms with Gasteiger partial charge in [-0.1, -0.05) is 26.0 Å². The summed E-state index contributed by atoms with van der Waals surface area (Å²) >= 11 is 0. The lowest BCUT2D eigenvalue weighted by molar-refractivity contribution is 0.0278. The maximum absolute atomic E-state index is 13.0. The lowest BCUT2D eigenvalue weighted by atomic mass is 9.95. The molecule has 0 amide bonds. The molecule has 1 heterocycles. The van der Waals surface area contributed by atoms with Gasteiger partial charge < -0.3 is 15.3 Å². The first-order valence-corrected chi connectivity index (χ1v) is 7.99. The molecule has 0 bridgehead atoms. The van der Waals surface area contributed by atoms with E-state index >= 15 is 0 Å². The molecule has 1 aliphatic heterocycles. The summed E-state index contributed by atoms with van der Waals surface area (Å²) in [6.07, 6.45) is 1.83. The van der Waals surface area contributed by atoms with E-state index in [1.54, 1.807) is 0 Å². The number of hydrogen-bond donors (Lipinski definition) is 2. The average molecular weight is 294 g/mol. The maximum atomic E-state index is 13.0. The summed E-state index contributed by atoms with van der Waals surface area (Å²) in [6, 6.07) is 7.00. The number of aliphatic hydroxyl groups is 1. The van der Waals surface area contributed by atoms with Crippen LogP contribution in [0.2, 0.25) is 0 Å². The normalized spacial score (nSPS) is 25.0. The molecule has 0 saturated carbocycles. The van der Waals surface area contributed by atoms with Crippen LogP contribution in [-0.4, -0.2) is 42.3 Å². The van der Waals surface area contributed by atoms with Gasteiger partial charge in [0.05, 0.1) is 6.10 Å². The Morgan fingerprint density at radius 1 is 1.38 bits per heavy atom. The van der Waals surface area contributed by atoms with Gasteiger partial charge in [0.25, 0.3) is 0 Å². The third-order valence-corrected chi connectivity index (χ3v) is 4.46. The van der Waals surface area contributed by atoms with Gasteiger partial charge in [0.1, 0.15) is 5.82 Å². The number of piperidine rings is 1. The van der Waals surface area contributed by atoms with E-state index in [9.17, 15) is 9.50 Å². The molecule has 118 valence electrons. The largest absolute Gasteiger partial charge is 0.392 e. The molecule has 0 aromatic heterocycles. The van der Waals surface area contributed by atoms with Crippen LogP contribution in [-0.2, 0) is 0 Å². The van der Waals surface area contributed by atoms with Gasteiger partial charge in [-0.3, -0.25) is 0 Å². The van der Waals surface area contributed by atoms with Gasteiger partial charge in [0.15, 0.2) is 0 Å². The Kier molecular flexibility index (Phi) is 6.15. The van der Waals surface area contributed by atoms with Crippen LogP contribution in [0.5, 0.6) is 0 Å². The molecule has 1 fully saturated rings. The lowest BCUT2D eigenvalue weighted by Gasteiger charge is -2.35. The van der Waals surface area contributed by atoms with Crippen LogP contribution < -0.4 is 5.32 Å². The van der Waals surface area contributed by atoms with Crippen molar-refractivity contribution in [3.05, 3.63) is 35.6 Å². The summed E-state index contributed by atoms with van der Waals surface area (Å²) < 4.78 is 13.0. The highest BCUT2D eigenvalue weighted by Crippen LogP contribution is 2.21. The van der Waals surface area contributed by atoms with Crippen LogP contribution >= 0.6 is 0 Å². The van der Waals surface area contributed by atoms with Crippen molar-refractivity contribution in [2.45, 2.75) is 38.8 Å². The number of benzene rings is 1. The Balaban J connectivity index is 1.89. The van der Waals surface area contributed by atoms with E-state index in [0.29, 0.717) is 5.92 Å². The van der Waals surface area contributed by atoms with E-state index < -0.39 is 0 Å². The minimum absolute atomic E-state index is 0.192. The number of aliphatic hydroxyl groups excluding tert-OH is 1. The Labute approximate surface area is 127 Å². The highest BCUT2D eigenvalue weighted by Gasteiger charge is 2.24. The number of hydrogen-bond acceptors (Lipinski definition) is 3. The van der Waals surface area contributed by atoms with Crippen molar-refractivity contribution in [2.24, 2.45) is 5.92 Å². The second kappa shape index (κ2) is 7.87. The van der Waals surface area contributed by atoms with Gasteiger partial charge in [-0.25, -0.2) is 4.39 Å². The number of nitrogens with zero attached hydrogens (tertiary/aromatic N) is 1. The number of likely N-dealkylation sites (tertiary alicyclic amines) is 1. The van der Waals surface area contributed by atoms with Crippen molar-refractivity contribution in [2.75, 3.05) is 26.2 Å². The van der Waals surface area contributed by atoms with Crippen molar-refractivity contribution in [1.29, 1.82) is 0 Å². The Bertz CT molecular complexity index is 423. The number of halogens is 1. The molecule has 3 nitrogen and oxygen atoms in total. The highest BCUT2D eigenvalue weighted by atomic mass is 19.1. The molecule has 1 aromatic carbocycles. The minimum atomic E-state index is -0.206. The molecule has 2 N–H and O–H groups in total. The van der Waals surface area contributed by atoms with Crippen LogP contribution in [0.3, 0.4) is 0 Å². The van der Waals surface area contributed by atoms with E-state index in [1.807, 2.05) is 12.1 Å². The molecule has 1 aromatic rings. The van der Waals surface area contributed by atoms with Gasteiger partial charge in [0, 0.05) is 19.1 Å². The summed E-state index contributed by atoms with van der Waals surface area (Å²) in [5, 5.41) is 13.4. The summed E-state index contributed by atoms with van der Waals surface area (Å²) in [5.74, 6) is 0.213. The Morgan fingerprint density at radius 2 is 2.10 bits per heavy atom. The van der Waals surface area contributed by atoms with Crippen molar-refractivity contribution in [1.82, 2.24) is 10.2 Å². The first-order chi connectivity index (χ1) is 10.1. The van der Waals surface area contributed by atoms with E-state index in [-0.39, 0.29) is 18.0 Å². The zero-order chi connectivity index (χ0) is 15.2. The van der Waals surface area contributed by atoms with E-state index in [1.165, 1.54) is 12.1 Å². The molecule has 1 saturated heterocycles. The number of nitrogens with one attached hydrogen (secondary N) is 1. The average Bonchev–Trinajstić information content (AvgIpc) is 2.48. The van der Waals surface area contributed by atoms with Crippen molar-refractivity contribution in [3.8, 4) is 0 Å². The maximum Gasteiger partial charge on any atom is 0.123 e. The van der Waals surface area contributed by atoms with Crippen LogP contribution in [0.25, 0.3) is 0 Å². The van der Waals surface area contributed by atoms with Gasteiger partial charge in [-0.2, -0.15) is 0 Å². The third-order valence-electron chi connectivity index (χ3n) is 4.46. The van der Waals surface area contributed by atoms with Crippen molar-refractivity contribution >= 4 is 0 Å². The topological polar surface area (TPSA) is 35.5 Å². The molecular formula is C17H27FN2O. The predicted octanol–water partition coefficient (Wildman–Crippen LogP) is 2.57. The van der Waals surface area contributed by atoms with Crippen LogP contribution in [0, 0.1) is 11.7 Å². The molecule has 2 rings (SSSR count). The number of rotatable bonds is 6. The second-order valence-corrected chi connectivity index (χ2v) is 6.08. The van der Waals surface area contributed by atoms with Crippen LogP contribution in [0.15, 0.2) is 24.3 Å². The van der Waals surface area contributed by atoms with E-state index in [4.69, 9.17) is 0 Å². The standard InChI is InChI=1S/C17H27FN2O/c1-3-19-16(14-4-6-15(18)7-5-14)9-11-20-10-8-13(2)17(21)12-20/h4-7,13,16-17,19,21H,3,8-12H2,1-2H3. The summed E-state index contributed by atoms with van der Waals surface area (Å²) in [5.41, 5.74) is 1.13. The van der Waals surface area contributed by atoms with E-state index in [2.05, 4.69) is 24.1 Å². The summed E-state index contributed by atoms with van der Waals surface area (Å²) in [7, 11) is 0. The molecule has 0 aliphatic carbocycles. The predicted molar refractivity (Wildman–Crippen MR) is 83.7 cm³/mol. The van der Waals surface area contributed by atoms with E-state index in [0.717, 1.165) is 44.6 Å². The minimum Gasteiger partial charge on any atom is -0.392 e. The monoisotopic (exact) mass is 294 g/mol. The number of β-amino-alcohol motifs (C(OH)–C–C–N with tert-alkyl or cyclic N) is 1. The molecule has 3 atom stereocenters. The Hall–Kier alpha value is -0.970.